The van der Waals surface area contributed by atoms with Crippen LogP contribution in [0.1, 0.15) is 52.3 Å². The zero-order chi connectivity index (χ0) is 25.2. The molecule has 0 spiro atoms. The van der Waals surface area contributed by atoms with E-state index in [1.165, 1.54) is 17.5 Å². The van der Waals surface area contributed by atoms with Crippen molar-refractivity contribution >= 4 is 10.9 Å². The SMILES string of the molecule is CC(C)c1nc2ccc(-c3cccc(-c4ccccc4)c3)cc2c(=O)n1C[C@H]1CCCN(C(C)C)C1. The molecule has 1 aromatic heterocycles. The molecule has 36 heavy (non-hydrogen) atoms. The van der Waals surface area contributed by atoms with Crippen molar-refractivity contribution in [1.29, 1.82) is 0 Å². The molecule has 0 bridgehead atoms. The van der Waals surface area contributed by atoms with E-state index in [-0.39, 0.29) is 11.5 Å². The summed E-state index contributed by atoms with van der Waals surface area (Å²) in [5.41, 5.74) is 5.39. The Bertz CT molecular complexity index is 1400. The minimum atomic E-state index is 0.0893. The molecular weight excluding hydrogens is 442 g/mol. The largest absolute Gasteiger partial charge is 0.301 e. The van der Waals surface area contributed by atoms with Crippen LogP contribution in [0.5, 0.6) is 0 Å². The lowest BCUT2D eigenvalue weighted by Crippen LogP contribution is -2.42. The average molecular weight is 480 g/mol. The van der Waals surface area contributed by atoms with Crippen molar-refractivity contribution in [2.24, 2.45) is 5.92 Å². The van der Waals surface area contributed by atoms with E-state index in [1.54, 1.807) is 0 Å². The van der Waals surface area contributed by atoms with Crippen LogP contribution in [0.4, 0.5) is 0 Å². The van der Waals surface area contributed by atoms with Crippen LogP contribution in [0.25, 0.3) is 33.2 Å². The zero-order valence-corrected chi connectivity index (χ0v) is 21.9. The minimum Gasteiger partial charge on any atom is -0.301 e. The van der Waals surface area contributed by atoms with Crippen molar-refractivity contribution in [2.45, 2.75) is 59.0 Å². The second kappa shape index (κ2) is 10.4. The summed E-state index contributed by atoms with van der Waals surface area (Å²) in [5.74, 6) is 1.56. The molecule has 186 valence electrons. The smallest absolute Gasteiger partial charge is 0.261 e. The van der Waals surface area contributed by atoms with Gasteiger partial charge in [-0.25, -0.2) is 4.98 Å². The van der Waals surface area contributed by atoms with E-state index in [4.69, 9.17) is 4.98 Å². The van der Waals surface area contributed by atoms with Gasteiger partial charge in [-0.05, 0) is 79.6 Å². The molecule has 4 nitrogen and oxygen atoms in total. The van der Waals surface area contributed by atoms with Crippen molar-refractivity contribution in [3.63, 3.8) is 0 Å². The van der Waals surface area contributed by atoms with Gasteiger partial charge in [0.1, 0.15) is 5.82 Å². The highest BCUT2D eigenvalue weighted by atomic mass is 16.1. The maximum absolute atomic E-state index is 13.9. The van der Waals surface area contributed by atoms with Gasteiger partial charge in [-0.15, -0.1) is 0 Å². The van der Waals surface area contributed by atoms with Gasteiger partial charge < -0.3 is 4.90 Å². The highest BCUT2D eigenvalue weighted by Gasteiger charge is 2.24. The first-order chi connectivity index (χ1) is 17.4. The number of benzene rings is 3. The molecule has 0 radical (unpaired) electrons. The first kappa shape index (κ1) is 24.5. The van der Waals surface area contributed by atoms with Gasteiger partial charge in [-0.1, -0.05) is 68.4 Å². The summed E-state index contributed by atoms with van der Waals surface area (Å²) >= 11 is 0. The van der Waals surface area contributed by atoms with Crippen LogP contribution in [0.3, 0.4) is 0 Å². The molecule has 2 heterocycles. The fourth-order valence-electron chi connectivity index (χ4n) is 5.52. The number of hydrogen-bond acceptors (Lipinski definition) is 3. The molecular formula is C32H37N3O. The maximum Gasteiger partial charge on any atom is 0.261 e. The van der Waals surface area contributed by atoms with Gasteiger partial charge in [0.05, 0.1) is 10.9 Å². The minimum absolute atomic E-state index is 0.0893. The van der Waals surface area contributed by atoms with Crippen LogP contribution < -0.4 is 5.56 Å². The third-order valence-electron chi connectivity index (χ3n) is 7.52. The molecule has 0 amide bonds. The van der Waals surface area contributed by atoms with Crippen LogP contribution >= 0.6 is 0 Å². The zero-order valence-electron chi connectivity index (χ0n) is 21.9. The monoisotopic (exact) mass is 479 g/mol. The summed E-state index contributed by atoms with van der Waals surface area (Å²) in [4.78, 5) is 21.5. The Hall–Kier alpha value is -3.24. The number of hydrogen-bond donors (Lipinski definition) is 0. The lowest BCUT2D eigenvalue weighted by Gasteiger charge is -2.36. The molecule has 1 fully saturated rings. The van der Waals surface area contributed by atoms with Gasteiger partial charge >= 0.3 is 0 Å². The fourth-order valence-corrected chi connectivity index (χ4v) is 5.52. The van der Waals surface area contributed by atoms with Crippen molar-refractivity contribution in [3.05, 3.63) is 89.0 Å². The Labute approximate surface area is 214 Å². The number of aromatic nitrogens is 2. The first-order valence-corrected chi connectivity index (χ1v) is 13.3. The molecule has 1 saturated heterocycles. The molecule has 4 aromatic rings. The molecule has 3 aromatic carbocycles. The molecule has 1 aliphatic rings. The van der Waals surface area contributed by atoms with E-state index in [0.29, 0.717) is 17.3 Å². The number of piperidine rings is 1. The molecule has 5 rings (SSSR count). The molecule has 4 heteroatoms. The lowest BCUT2D eigenvalue weighted by molar-refractivity contribution is 0.129. The summed E-state index contributed by atoms with van der Waals surface area (Å²) in [7, 11) is 0. The standard InChI is InChI=1S/C32H37N3O/c1-22(2)31-33-30-16-15-28(27-14-8-13-26(18-27)25-11-6-5-7-12-25)19-29(30)32(36)35(31)21-24-10-9-17-34(20-24)23(3)4/h5-8,11-16,18-19,22-24H,9-10,17,20-21H2,1-4H3/t24-/m0/s1. The van der Waals surface area contributed by atoms with Crippen LogP contribution in [-0.4, -0.2) is 33.6 Å². The van der Waals surface area contributed by atoms with Crippen molar-refractivity contribution in [1.82, 2.24) is 14.5 Å². The van der Waals surface area contributed by atoms with E-state index in [2.05, 4.69) is 87.2 Å². The number of nitrogens with zero attached hydrogens (tertiary/aromatic N) is 3. The Morgan fingerprint density at radius 3 is 2.28 bits per heavy atom. The Morgan fingerprint density at radius 1 is 0.861 bits per heavy atom. The van der Waals surface area contributed by atoms with Gasteiger partial charge in [0.2, 0.25) is 0 Å². The average Bonchev–Trinajstić information content (AvgIpc) is 2.90. The second-order valence-corrected chi connectivity index (χ2v) is 10.8. The summed E-state index contributed by atoms with van der Waals surface area (Å²) in [6.07, 6.45) is 2.36. The molecule has 1 aliphatic heterocycles. The molecule has 1 atom stereocenters. The van der Waals surface area contributed by atoms with Gasteiger partial charge in [0.15, 0.2) is 0 Å². The molecule has 0 unspecified atom stereocenters. The highest BCUT2D eigenvalue weighted by molar-refractivity contribution is 5.85. The van der Waals surface area contributed by atoms with Crippen LogP contribution in [0.15, 0.2) is 77.6 Å². The van der Waals surface area contributed by atoms with E-state index >= 15 is 0 Å². The van der Waals surface area contributed by atoms with Crippen molar-refractivity contribution in [3.8, 4) is 22.3 Å². The summed E-state index contributed by atoms with van der Waals surface area (Å²) in [6.45, 7) is 11.7. The fraction of sp³-hybridized carbons (Fsp3) is 0.375. The van der Waals surface area contributed by atoms with Gasteiger partial charge in [0.25, 0.3) is 5.56 Å². The second-order valence-electron chi connectivity index (χ2n) is 10.8. The first-order valence-electron chi connectivity index (χ1n) is 13.3. The predicted octanol–water partition coefficient (Wildman–Crippen LogP) is 6.97. The summed E-state index contributed by atoms with van der Waals surface area (Å²) in [6, 6.07) is 25.6. The predicted molar refractivity (Wildman–Crippen MR) is 150 cm³/mol. The summed E-state index contributed by atoms with van der Waals surface area (Å²) in [5, 5.41) is 0.707. The van der Waals surface area contributed by atoms with Crippen LogP contribution in [0, 0.1) is 5.92 Å². The van der Waals surface area contributed by atoms with E-state index in [9.17, 15) is 4.79 Å². The van der Waals surface area contributed by atoms with Gasteiger partial charge in [-0.3, -0.25) is 9.36 Å². The summed E-state index contributed by atoms with van der Waals surface area (Å²) < 4.78 is 1.98. The van der Waals surface area contributed by atoms with Crippen LogP contribution in [-0.2, 0) is 6.54 Å². The van der Waals surface area contributed by atoms with Gasteiger partial charge in [-0.2, -0.15) is 0 Å². The highest BCUT2D eigenvalue weighted by Crippen LogP contribution is 2.29. The maximum atomic E-state index is 13.9. The molecule has 0 aliphatic carbocycles. The number of likely N-dealkylation sites (tertiary alicyclic amines) is 1. The Morgan fingerprint density at radius 2 is 1.56 bits per heavy atom. The van der Waals surface area contributed by atoms with E-state index in [1.807, 2.05) is 22.8 Å². The number of rotatable bonds is 6. The van der Waals surface area contributed by atoms with Crippen molar-refractivity contribution in [2.75, 3.05) is 13.1 Å². The molecule has 0 saturated carbocycles. The number of fused-ring (bicyclic) bond motifs is 1. The lowest BCUT2D eigenvalue weighted by atomic mass is 9.96. The Kier molecular flexibility index (Phi) is 7.06. The molecule has 0 N–H and O–H groups in total. The normalized spacial score (nSPS) is 16.8. The third-order valence-corrected chi connectivity index (χ3v) is 7.52. The third kappa shape index (κ3) is 5.01. The van der Waals surface area contributed by atoms with E-state index in [0.717, 1.165) is 48.5 Å². The van der Waals surface area contributed by atoms with Crippen LogP contribution in [0.2, 0.25) is 0 Å². The van der Waals surface area contributed by atoms with E-state index < -0.39 is 0 Å². The van der Waals surface area contributed by atoms with Gasteiger partial charge in [0, 0.05) is 25.0 Å². The van der Waals surface area contributed by atoms with Crippen molar-refractivity contribution < 1.29 is 0 Å². The topological polar surface area (TPSA) is 38.1 Å². The Balaban J connectivity index is 1.54. The quantitative estimate of drug-likeness (QED) is 0.300.